The van der Waals surface area contributed by atoms with Gasteiger partial charge >= 0.3 is 0 Å². The smallest absolute Gasteiger partial charge is 0.251 e. The Morgan fingerprint density at radius 1 is 0.660 bits per heavy atom. The van der Waals surface area contributed by atoms with E-state index in [0.29, 0.717) is 0 Å². The third-order valence-corrected chi connectivity index (χ3v) is 9.96. The Balaban J connectivity index is 2.31. The van der Waals surface area contributed by atoms with Crippen LogP contribution >= 0.6 is 11.6 Å². The Morgan fingerprint density at radius 2 is 1.17 bits per heavy atom. The van der Waals surface area contributed by atoms with Crippen molar-refractivity contribution in [2.75, 3.05) is 5.32 Å². The summed E-state index contributed by atoms with van der Waals surface area (Å²) >= 11 is 6.40. The van der Waals surface area contributed by atoms with Gasteiger partial charge < -0.3 is 46.2 Å². The first-order chi connectivity index (χ1) is 21.8. The molecule has 1 unspecified atom stereocenters. The minimum Gasteiger partial charge on any atom is -0.507 e. The molecule has 2 aliphatic rings. The van der Waals surface area contributed by atoms with Crippen LogP contribution in [0, 0.1) is 36.5 Å². The number of carbonyl (C=O) groups excluding carboxylic acids is 2. The van der Waals surface area contributed by atoms with E-state index in [1.165, 1.54) is 39.0 Å². The molecule has 0 radical (unpaired) electrons. The van der Waals surface area contributed by atoms with Gasteiger partial charge in [0.05, 0.1) is 35.4 Å². The maximum absolute atomic E-state index is 13.9. The van der Waals surface area contributed by atoms with Crippen LogP contribution in [0.5, 0.6) is 23.0 Å². The molecule has 4 bridgehead atoms. The summed E-state index contributed by atoms with van der Waals surface area (Å²) < 4.78 is 0. The predicted molar refractivity (Wildman–Crippen MR) is 180 cm³/mol. The van der Waals surface area contributed by atoms with Crippen molar-refractivity contribution in [2.45, 2.75) is 79.8 Å². The number of halogens is 1. The van der Waals surface area contributed by atoms with Crippen molar-refractivity contribution in [2.24, 2.45) is 29.6 Å². The Morgan fingerprint density at radius 3 is 1.72 bits per heavy atom. The van der Waals surface area contributed by atoms with Crippen LogP contribution in [0.1, 0.15) is 64.4 Å². The van der Waals surface area contributed by atoms with Crippen molar-refractivity contribution in [3.8, 4) is 23.0 Å². The summed E-state index contributed by atoms with van der Waals surface area (Å²) in [7, 11) is 0. The van der Waals surface area contributed by atoms with Crippen molar-refractivity contribution >= 4 is 39.8 Å². The fourth-order valence-corrected chi connectivity index (χ4v) is 6.40. The van der Waals surface area contributed by atoms with Crippen LogP contribution in [-0.2, 0) is 4.79 Å². The van der Waals surface area contributed by atoms with Crippen molar-refractivity contribution in [1.29, 1.82) is 0 Å². The van der Waals surface area contributed by atoms with Crippen LogP contribution in [-0.4, -0.2) is 77.0 Å². The molecule has 2 aliphatic heterocycles. The number of aliphatic hydroxyl groups is 4. The molecule has 0 aromatic heterocycles. The van der Waals surface area contributed by atoms with Crippen molar-refractivity contribution in [3.63, 3.8) is 0 Å². The molecule has 0 saturated heterocycles. The molecule has 0 aliphatic carbocycles. The third kappa shape index (κ3) is 7.14. The number of nitrogens with one attached hydrogen (secondary N) is 1. The van der Waals surface area contributed by atoms with E-state index >= 15 is 0 Å². The second-order valence-electron chi connectivity index (χ2n) is 13.0. The Labute approximate surface area is 279 Å². The molecule has 2 aromatic rings. The summed E-state index contributed by atoms with van der Waals surface area (Å²) in [6, 6.07) is 0. The van der Waals surface area contributed by atoms with Crippen LogP contribution in [0.4, 0.5) is 5.69 Å². The minimum atomic E-state index is -1.21. The van der Waals surface area contributed by atoms with E-state index in [-0.39, 0.29) is 16.7 Å². The summed E-state index contributed by atoms with van der Waals surface area (Å²) in [6.07, 6.45) is 1.41. The number of fused-ring (bicyclic) bond motifs is 15. The first kappa shape index (κ1) is 37.8. The summed E-state index contributed by atoms with van der Waals surface area (Å²) in [5, 5.41) is 89.8. The number of anilines is 1. The predicted octanol–water partition coefficient (Wildman–Crippen LogP) is 4.83. The topological polar surface area (TPSA) is 208 Å². The third-order valence-electron chi connectivity index (χ3n) is 9.59. The van der Waals surface area contributed by atoms with E-state index in [9.17, 15) is 50.4 Å². The van der Waals surface area contributed by atoms with Crippen molar-refractivity contribution < 1.29 is 50.4 Å². The Bertz CT molecular complexity index is 1650. The first-order valence-corrected chi connectivity index (χ1v) is 15.9. The summed E-state index contributed by atoms with van der Waals surface area (Å²) in [5.41, 5.74) is -0.988. The summed E-state index contributed by atoms with van der Waals surface area (Å²) in [5.74, 6) is -7.95. The summed E-state index contributed by atoms with van der Waals surface area (Å²) in [6.45, 7) is 12.4. The lowest BCUT2D eigenvalue weighted by molar-refractivity contribution is -0.112. The van der Waals surface area contributed by atoms with E-state index in [2.05, 4.69) is 5.32 Å². The molecule has 4 rings (SSSR count). The van der Waals surface area contributed by atoms with Crippen LogP contribution in [0.25, 0.3) is 10.8 Å². The van der Waals surface area contributed by atoms with Gasteiger partial charge in [0, 0.05) is 46.1 Å². The number of hydrogen-bond acceptors (Lipinski definition) is 10. The number of benzene rings is 2. The average molecular weight is 676 g/mol. The standard InChI is InChI=1S/C35H46ClNO10/c1-13-10-9-11-14(2)35(47)37-25-24(36)33(45)21-22(31(43)20(8)32(44)23(21)34(25)46)28(40)16(4)12-15(3)27(39)18(6)30(42)19(7)29(41)17(5)26(13)38/h9-13,15,17-19,26-27,29-30,38-39,41-46H,1-8H3,(H,37,47)/t13-,15?,17+,18+,19+,26-,27-,29+,30+/m0/s1. The number of phenolic OH excluding ortho intramolecular Hbond substituents is 4. The van der Waals surface area contributed by atoms with Gasteiger partial charge in [0.15, 0.2) is 11.5 Å². The lowest BCUT2D eigenvalue weighted by Gasteiger charge is -2.36. The average Bonchev–Trinajstić information content (AvgIpc) is 3.04. The number of allylic oxidation sites excluding steroid dienone is 3. The number of aliphatic hydroxyl groups excluding tert-OH is 4. The highest BCUT2D eigenvalue weighted by Crippen LogP contribution is 2.54. The molecule has 0 fully saturated rings. The van der Waals surface area contributed by atoms with Gasteiger partial charge in [-0.25, -0.2) is 0 Å². The Hall–Kier alpha value is -3.61. The minimum absolute atomic E-state index is 0.0118. The van der Waals surface area contributed by atoms with E-state index < -0.39 is 116 Å². The molecule has 11 nitrogen and oxygen atoms in total. The second-order valence-corrected chi connectivity index (χ2v) is 13.3. The van der Waals surface area contributed by atoms with Crippen LogP contribution < -0.4 is 5.32 Å². The van der Waals surface area contributed by atoms with Gasteiger partial charge in [-0.1, -0.05) is 70.5 Å². The highest BCUT2D eigenvalue weighted by molar-refractivity contribution is 6.38. The number of amides is 1. The lowest BCUT2D eigenvalue weighted by atomic mass is 9.77. The van der Waals surface area contributed by atoms with Gasteiger partial charge in [-0.05, 0) is 26.3 Å². The Kier molecular flexibility index (Phi) is 11.8. The van der Waals surface area contributed by atoms with E-state index in [1.54, 1.807) is 40.7 Å². The molecule has 0 saturated carbocycles. The molecule has 2 aromatic carbocycles. The van der Waals surface area contributed by atoms with E-state index in [4.69, 9.17) is 11.6 Å². The van der Waals surface area contributed by atoms with Gasteiger partial charge in [-0.3, -0.25) is 9.59 Å². The van der Waals surface area contributed by atoms with Gasteiger partial charge in [-0.2, -0.15) is 0 Å². The van der Waals surface area contributed by atoms with Crippen LogP contribution in [0.3, 0.4) is 0 Å². The number of aromatic hydroxyl groups is 4. The quantitative estimate of drug-likeness (QED) is 0.137. The molecule has 12 heteroatoms. The second kappa shape index (κ2) is 14.7. The zero-order chi connectivity index (χ0) is 35.8. The fourth-order valence-electron chi connectivity index (χ4n) is 6.17. The van der Waals surface area contributed by atoms with E-state index in [1.807, 2.05) is 0 Å². The first-order valence-electron chi connectivity index (χ1n) is 15.5. The number of Topliss-reactive ketones (excluding diaryl/α,β-unsaturated/α-hetero) is 1. The molecule has 1 amide bonds. The highest BCUT2D eigenvalue weighted by Gasteiger charge is 2.38. The number of phenols is 4. The number of rotatable bonds is 0. The van der Waals surface area contributed by atoms with Crippen LogP contribution in [0.15, 0.2) is 35.5 Å². The molecule has 47 heavy (non-hydrogen) atoms. The monoisotopic (exact) mass is 675 g/mol. The molecule has 0 spiro atoms. The van der Waals surface area contributed by atoms with Crippen LogP contribution in [0.2, 0.25) is 5.02 Å². The number of hydrogen-bond donors (Lipinski definition) is 9. The maximum atomic E-state index is 13.9. The van der Waals surface area contributed by atoms with Gasteiger partial charge in [0.25, 0.3) is 5.91 Å². The molecule has 9 atom stereocenters. The lowest BCUT2D eigenvalue weighted by Crippen LogP contribution is -2.45. The number of carbonyl (C=O) groups is 2. The molecular formula is C35H46ClNO10. The van der Waals surface area contributed by atoms with Gasteiger partial charge in [0.1, 0.15) is 28.0 Å². The van der Waals surface area contributed by atoms with Gasteiger partial charge in [0.2, 0.25) is 0 Å². The number of ketones is 1. The maximum Gasteiger partial charge on any atom is 0.251 e. The molecular weight excluding hydrogens is 630 g/mol. The molecule has 2 heterocycles. The van der Waals surface area contributed by atoms with Crippen molar-refractivity contribution in [1.82, 2.24) is 0 Å². The zero-order valence-corrected chi connectivity index (χ0v) is 28.5. The SMILES string of the molecule is CC1=CC=C[C@H](C)[C@H](O)[C@@H](C)[C@@H](O)[C@@H](C)[C@H](O)[C@H](C)[C@@H](O)C(C)C=C(C)C(=O)c2c(O)c(C)c(O)c3c(O)c(c(Cl)c(O)c23)NC1=O. The highest BCUT2D eigenvalue weighted by atomic mass is 35.5. The normalized spacial score (nSPS) is 30.4. The molecule has 258 valence electrons. The van der Waals surface area contributed by atoms with Gasteiger partial charge in [-0.15, -0.1) is 0 Å². The van der Waals surface area contributed by atoms with E-state index in [0.717, 1.165) is 0 Å². The molecule has 9 N–H and O–H groups in total. The summed E-state index contributed by atoms with van der Waals surface area (Å²) in [4.78, 5) is 26.9. The fraction of sp³-hybridized carbons (Fsp3) is 0.486. The largest absolute Gasteiger partial charge is 0.507 e. The van der Waals surface area contributed by atoms with Crippen molar-refractivity contribution in [3.05, 3.63) is 51.6 Å². The zero-order valence-electron chi connectivity index (χ0n) is 27.8.